The third-order valence-electron chi connectivity index (χ3n) is 2.56. The number of nitrogens with one attached hydrogen (secondary N) is 1. The molecule has 0 fully saturated rings. The Kier molecular flexibility index (Phi) is 3.97. The van der Waals surface area contributed by atoms with Crippen molar-refractivity contribution in [1.29, 1.82) is 0 Å². The first-order chi connectivity index (χ1) is 8.15. The Balaban J connectivity index is 1.94. The summed E-state index contributed by atoms with van der Waals surface area (Å²) in [4.78, 5) is 4.13. The Labute approximate surface area is 109 Å². The fraction of sp³-hybridized carbons (Fsp3) is 0.308. The van der Waals surface area contributed by atoms with Crippen LogP contribution in [-0.4, -0.2) is 4.98 Å². The number of halogens is 1. The van der Waals surface area contributed by atoms with E-state index in [0.717, 1.165) is 28.1 Å². The molecule has 1 atom stereocenters. The summed E-state index contributed by atoms with van der Waals surface area (Å²) in [6.07, 6.45) is 3.64. The summed E-state index contributed by atoms with van der Waals surface area (Å²) in [5.74, 6) is 1.91. The third-order valence-corrected chi connectivity index (χ3v) is 3.00. The summed E-state index contributed by atoms with van der Waals surface area (Å²) < 4.78 is 6.57. The van der Waals surface area contributed by atoms with Gasteiger partial charge in [0.1, 0.15) is 11.5 Å². The molecule has 17 heavy (non-hydrogen) atoms. The number of rotatable bonds is 4. The number of aromatic nitrogens is 1. The predicted octanol–water partition coefficient (Wildman–Crippen LogP) is 3.60. The second-order valence-electron chi connectivity index (χ2n) is 4.06. The van der Waals surface area contributed by atoms with Gasteiger partial charge in [-0.1, -0.05) is 0 Å². The second kappa shape index (κ2) is 5.47. The molecule has 0 aromatic carbocycles. The van der Waals surface area contributed by atoms with E-state index >= 15 is 0 Å². The van der Waals surface area contributed by atoms with Gasteiger partial charge in [-0.3, -0.25) is 4.98 Å². The van der Waals surface area contributed by atoms with Gasteiger partial charge in [-0.25, -0.2) is 0 Å². The Hall–Kier alpha value is -1.13. The van der Waals surface area contributed by atoms with Crippen molar-refractivity contribution in [3.8, 4) is 0 Å². The Morgan fingerprint density at radius 3 is 2.88 bits per heavy atom. The fourth-order valence-electron chi connectivity index (χ4n) is 1.61. The summed E-state index contributed by atoms with van der Waals surface area (Å²) in [5.41, 5.74) is 1.15. The van der Waals surface area contributed by atoms with Crippen LogP contribution in [0.1, 0.15) is 30.0 Å². The smallest absolute Gasteiger partial charge is 0.120 e. The molecule has 3 nitrogen and oxygen atoms in total. The molecule has 0 amide bonds. The number of hydrogen-bond donors (Lipinski definition) is 1. The van der Waals surface area contributed by atoms with Crippen LogP contribution in [0.2, 0.25) is 0 Å². The van der Waals surface area contributed by atoms with Crippen molar-refractivity contribution in [3.05, 3.63) is 52.1 Å². The summed E-state index contributed by atoms with van der Waals surface area (Å²) in [7, 11) is 0. The molecule has 2 aromatic rings. The first-order valence-electron chi connectivity index (χ1n) is 5.54. The van der Waals surface area contributed by atoms with Crippen LogP contribution in [-0.2, 0) is 6.54 Å². The Morgan fingerprint density at radius 1 is 1.41 bits per heavy atom. The molecule has 0 aliphatic carbocycles. The maximum absolute atomic E-state index is 5.57. The van der Waals surface area contributed by atoms with Crippen LogP contribution in [0.25, 0.3) is 0 Å². The van der Waals surface area contributed by atoms with Crippen LogP contribution in [0.15, 0.2) is 39.5 Å². The average Bonchev–Trinajstić information content (AvgIpc) is 2.73. The highest BCUT2D eigenvalue weighted by Crippen LogP contribution is 2.16. The van der Waals surface area contributed by atoms with Gasteiger partial charge >= 0.3 is 0 Å². The maximum atomic E-state index is 5.57. The zero-order chi connectivity index (χ0) is 12.3. The van der Waals surface area contributed by atoms with Crippen LogP contribution in [0, 0.1) is 6.92 Å². The van der Waals surface area contributed by atoms with Crippen molar-refractivity contribution in [2.45, 2.75) is 26.4 Å². The van der Waals surface area contributed by atoms with Crippen molar-refractivity contribution in [2.75, 3.05) is 0 Å². The molecular weight excluding hydrogens is 280 g/mol. The molecule has 1 unspecified atom stereocenters. The first kappa shape index (κ1) is 12.3. The van der Waals surface area contributed by atoms with E-state index in [1.54, 1.807) is 6.20 Å². The van der Waals surface area contributed by atoms with Gasteiger partial charge in [0, 0.05) is 23.4 Å². The highest BCUT2D eigenvalue weighted by Gasteiger charge is 2.08. The molecule has 4 heteroatoms. The third kappa shape index (κ3) is 3.41. The van der Waals surface area contributed by atoms with Gasteiger partial charge in [-0.2, -0.15) is 0 Å². The van der Waals surface area contributed by atoms with Crippen LogP contribution < -0.4 is 5.32 Å². The van der Waals surface area contributed by atoms with E-state index in [4.69, 9.17) is 4.42 Å². The van der Waals surface area contributed by atoms with Gasteiger partial charge in [-0.05, 0) is 53.5 Å². The maximum Gasteiger partial charge on any atom is 0.120 e. The summed E-state index contributed by atoms with van der Waals surface area (Å²) >= 11 is 3.41. The van der Waals surface area contributed by atoms with Gasteiger partial charge < -0.3 is 9.73 Å². The SMILES string of the molecule is Cc1ccc(C(C)NCc2cncc(Br)c2)o1. The topological polar surface area (TPSA) is 38.1 Å². The highest BCUT2D eigenvalue weighted by molar-refractivity contribution is 9.10. The lowest BCUT2D eigenvalue weighted by Crippen LogP contribution is -2.17. The number of aryl methyl sites for hydroxylation is 1. The van der Waals surface area contributed by atoms with Crippen molar-refractivity contribution < 1.29 is 4.42 Å². The van der Waals surface area contributed by atoms with Gasteiger partial charge in [0.2, 0.25) is 0 Å². The van der Waals surface area contributed by atoms with Gasteiger partial charge in [-0.15, -0.1) is 0 Å². The van der Waals surface area contributed by atoms with Crippen molar-refractivity contribution in [1.82, 2.24) is 10.3 Å². The Morgan fingerprint density at radius 2 is 2.24 bits per heavy atom. The van der Waals surface area contributed by atoms with E-state index in [2.05, 4.69) is 39.2 Å². The molecule has 2 rings (SSSR count). The highest BCUT2D eigenvalue weighted by atomic mass is 79.9. The fourth-order valence-corrected chi connectivity index (χ4v) is 2.02. The molecule has 2 aromatic heterocycles. The molecule has 0 aliphatic rings. The van der Waals surface area contributed by atoms with Gasteiger partial charge in [0.25, 0.3) is 0 Å². The van der Waals surface area contributed by atoms with E-state index in [1.165, 1.54) is 0 Å². The van der Waals surface area contributed by atoms with Gasteiger partial charge in [0.05, 0.1) is 6.04 Å². The lowest BCUT2D eigenvalue weighted by atomic mass is 10.2. The zero-order valence-electron chi connectivity index (χ0n) is 9.90. The lowest BCUT2D eigenvalue weighted by Gasteiger charge is -2.11. The molecule has 0 saturated carbocycles. The predicted molar refractivity (Wildman–Crippen MR) is 70.6 cm³/mol. The second-order valence-corrected chi connectivity index (χ2v) is 4.98. The number of nitrogens with zero attached hydrogens (tertiary/aromatic N) is 1. The molecule has 90 valence electrons. The minimum absolute atomic E-state index is 0.197. The van der Waals surface area contributed by atoms with E-state index in [0.29, 0.717) is 0 Å². The quantitative estimate of drug-likeness (QED) is 0.936. The summed E-state index contributed by atoms with van der Waals surface area (Å²) in [6, 6.07) is 6.24. The van der Waals surface area contributed by atoms with E-state index in [-0.39, 0.29) is 6.04 Å². The normalized spacial score (nSPS) is 12.6. The van der Waals surface area contributed by atoms with Crippen molar-refractivity contribution in [2.24, 2.45) is 0 Å². The number of hydrogen-bond acceptors (Lipinski definition) is 3. The van der Waals surface area contributed by atoms with Crippen LogP contribution >= 0.6 is 15.9 Å². The summed E-state index contributed by atoms with van der Waals surface area (Å²) in [6.45, 7) is 4.81. The van der Waals surface area contributed by atoms with Crippen LogP contribution in [0.3, 0.4) is 0 Å². The molecule has 2 heterocycles. The average molecular weight is 295 g/mol. The number of furan rings is 1. The van der Waals surface area contributed by atoms with Crippen molar-refractivity contribution >= 4 is 15.9 Å². The first-order valence-corrected chi connectivity index (χ1v) is 6.33. The lowest BCUT2D eigenvalue weighted by molar-refractivity contribution is 0.415. The summed E-state index contributed by atoms with van der Waals surface area (Å²) in [5, 5.41) is 3.40. The molecule has 1 N–H and O–H groups in total. The molecule has 0 saturated heterocycles. The largest absolute Gasteiger partial charge is 0.465 e. The van der Waals surface area contributed by atoms with Crippen LogP contribution in [0.4, 0.5) is 0 Å². The zero-order valence-corrected chi connectivity index (χ0v) is 11.5. The minimum atomic E-state index is 0.197. The van der Waals surface area contributed by atoms with E-state index in [1.807, 2.05) is 25.3 Å². The van der Waals surface area contributed by atoms with Crippen LogP contribution in [0.5, 0.6) is 0 Å². The van der Waals surface area contributed by atoms with Gasteiger partial charge in [0.15, 0.2) is 0 Å². The molecular formula is C13H15BrN2O. The molecule has 0 spiro atoms. The van der Waals surface area contributed by atoms with E-state index < -0.39 is 0 Å². The monoisotopic (exact) mass is 294 g/mol. The molecule has 0 aliphatic heterocycles. The molecule has 0 bridgehead atoms. The van der Waals surface area contributed by atoms with Crippen molar-refractivity contribution in [3.63, 3.8) is 0 Å². The number of pyridine rings is 1. The minimum Gasteiger partial charge on any atom is -0.465 e. The van der Waals surface area contributed by atoms with E-state index in [9.17, 15) is 0 Å². The standard InChI is InChI=1S/C13H15BrN2O/c1-9-3-4-13(17-9)10(2)16-7-11-5-12(14)8-15-6-11/h3-6,8,10,16H,7H2,1-2H3. The molecule has 0 radical (unpaired) electrons. The Bertz CT molecular complexity index is 496.